The van der Waals surface area contributed by atoms with Crippen molar-refractivity contribution < 1.29 is 8.42 Å². The van der Waals surface area contributed by atoms with Crippen LogP contribution in [0.5, 0.6) is 0 Å². The van der Waals surface area contributed by atoms with Crippen molar-refractivity contribution in [1.29, 1.82) is 0 Å². The highest BCUT2D eigenvalue weighted by molar-refractivity contribution is 7.69. The Morgan fingerprint density at radius 3 is 2.27 bits per heavy atom. The van der Waals surface area contributed by atoms with E-state index in [0.717, 1.165) is 31.8 Å². The molecule has 0 aromatic carbocycles. The Bertz CT molecular complexity index is 175. The summed E-state index contributed by atoms with van der Waals surface area (Å²) in [5, 5.41) is 0. The first-order valence-corrected chi connectivity index (χ1v) is 5.26. The quantitative estimate of drug-likeness (QED) is 0.628. The molecule has 0 unspecified atom stereocenters. The highest BCUT2D eigenvalue weighted by atomic mass is 32.2. The van der Waals surface area contributed by atoms with Crippen LogP contribution < -0.4 is 0 Å². The number of piperidine rings is 1. The molecule has 0 aromatic rings. The van der Waals surface area contributed by atoms with E-state index in [2.05, 4.69) is 6.92 Å². The van der Waals surface area contributed by atoms with Crippen molar-refractivity contribution in [2.45, 2.75) is 26.2 Å². The largest absolute Gasteiger partial charge is 0.215 e. The van der Waals surface area contributed by atoms with Crippen LogP contribution in [-0.2, 0) is 10.9 Å². The maximum atomic E-state index is 10.5. The van der Waals surface area contributed by atoms with Gasteiger partial charge >= 0.3 is 0 Å². The van der Waals surface area contributed by atoms with Crippen LogP contribution in [0.4, 0.5) is 0 Å². The van der Waals surface area contributed by atoms with Gasteiger partial charge in [-0.05, 0) is 18.8 Å². The van der Waals surface area contributed by atoms with Gasteiger partial charge in [-0.3, -0.25) is 0 Å². The Labute approximate surface area is 69.5 Å². The minimum Gasteiger partial charge on any atom is -0.215 e. The molecule has 11 heavy (non-hydrogen) atoms. The second kappa shape index (κ2) is 4.07. The van der Waals surface area contributed by atoms with E-state index in [1.165, 1.54) is 6.42 Å². The highest BCUT2D eigenvalue weighted by Crippen LogP contribution is 2.19. The molecule has 1 saturated heterocycles. The van der Waals surface area contributed by atoms with Crippen molar-refractivity contribution in [3.8, 4) is 0 Å². The average molecular weight is 177 g/mol. The molecular weight excluding hydrogens is 162 g/mol. The summed E-state index contributed by atoms with van der Waals surface area (Å²) in [6.07, 6.45) is 3.27. The van der Waals surface area contributed by atoms with Gasteiger partial charge in [0.2, 0.25) is 10.9 Å². The molecule has 1 heterocycles. The van der Waals surface area contributed by atoms with E-state index in [0.29, 0.717) is 0 Å². The summed E-state index contributed by atoms with van der Waals surface area (Å²) in [7, 11) is -2.31. The van der Waals surface area contributed by atoms with E-state index in [1.54, 1.807) is 4.31 Å². The fourth-order valence-corrected chi connectivity index (χ4v) is 2.05. The van der Waals surface area contributed by atoms with Crippen LogP contribution in [0.15, 0.2) is 0 Å². The molecule has 4 heteroatoms. The van der Waals surface area contributed by atoms with Gasteiger partial charge in [-0.2, -0.15) is 0 Å². The first-order chi connectivity index (χ1) is 5.24. The molecule has 0 spiro atoms. The molecule has 1 rings (SSSR count). The van der Waals surface area contributed by atoms with Gasteiger partial charge in [-0.15, -0.1) is 0 Å². The van der Waals surface area contributed by atoms with E-state index < -0.39 is 10.9 Å². The molecule has 0 bridgehead atoms. The lowest BCUT2D eigenvalue weighted by molar-refractivity contribution is 0.274. The van der Waals surface area contributed by atoms with Crippen LogP contribution in [0.2, 0.25) is 0 Å². The maximum Gasteiger partial charge on any atom is 0.203 e. The molecule has 1 aliphatic heterocycles. The molecule has 0 atom stereocenters. The van der Waals surface area contributed by atoms with Crippen LogP contribution in [0.3, 0.4) is 0 Å². The molecule has 0 saturated carbocycles. The van der Waals surface area contributed by atoms with Crippen molar-refractivity contribution in [1.82, 2.24) is 4.31 Å². The van der Waals surface area contributed by atoms with Crippen molar-refractivity contribution in [3.05, 3.63) is 0 Å². The zero-order chi connectivity index (χ0) is 8.27. The summed E-state index contributed by atoms with van der Waals surface area (Å²) in [5.74, 6) is 0.751. The monoisotopic (exact) mass is 177 g/mol. The van der Waals surface area contributed by atoms with Gasteiger partial charge in [0.15, 0.2) is 0 Å². The van der Waals surface area contributed by atoms with Crippen molar-refractivity contribution in [2.24, 2.45) is 5.92 Å². The fraction of sp³-hybridized carbons (Fsp3) is 1.00. The van der Waals surface area contributed by atoms with Crippen LogP contribution in [-0.4, -0.2) is 25.8 Å². The summed E-state index contributed by atoms with van der Waals surface area (Å²) in [6, 6.07) is 0. The van der Waals surface area contributed by atoms with Crippen molar-refractivity contribution >= 4 is 10.9 Å². The maximum absolute atomic E-state index is 10.5. The Morgan fingerprint density at radius 2 is 1.91 bits per heavy atom. The molecule has 0 aromatic heterocycles. The summed E-state index contributed by atoms with van der Waals surface area (Å²) >= 11 is 0. The third-order valence-electron chi connectivity index (χ3n) is 2.40. The van der Waals surface area contributed by atoms with Crippen LogP contribution >= 0.6 is 0 Å². The lowest BCUT2D eigenvalue weighted by atomic mass is 9.96. The number of nitrogens with zero attached hydrogens (tertiary/aromatic N) is 1. The molecule has 3 nitrogen and oxygen atoms in total. The zero-order valence-electron chi connectivity index (χ0n) is 6.82. The minimum atomic E-state index is -2.31. The Kier molecular flexibility index (Phi) is 3.33. The number of thiol groups is 1. The lowest BCUT2D eigenvalue weighted by Crippen LogP contribution is -2.32. The molecule has 0 radical (unpaired) electrons. The number of rotatable bonds is 2. The first kappa shape index (κ1) is 9.00. The molecule has 1 fully saturated rings. The minimum absolute atomic E-state index is 0.733. The average Bonchev–Trinajstić information content (AvgIpc) is 2.05. The molecule has 0 amide bonds. The van der Waals surface area contributed by atoms with E-state index in [9.17, 15) is 8.42 Å². The highest BCUT2D eigenvalue weighted by Gasteiger charge is 2.18. The predicted octanol–water partition coefficient (Wildman–Crippen LogP) is 0.635. The van der Waals surface area contributed by atoms with Gasteiger partial charge in [0.25, 0.3) is 0 Å². The standard InChI is InChI=1S/C7H15NO2S/c1-2-7-3-5-8(6-4-7)11(9)10/h7,11H,2-6H2,1H3. The topological polar surface area (TPSA) is 37.4 Å². The molecule has 66 valence electrons. The van der Waals surface area contributed by atoms with Crippen molar-refractivity contribution in [2.75, 3.05) is 13.1 Å². The number of hydrogen-bond acceptors (Lipinski definition) is 2. The Balaban J connectivity index is 2.36. The third-order valence-corrected chi connectivity index (χ3v) is 3.26. The number of hydrogen-bond donors (Lipinski definition) is 1. The van der Waals surface area contributed by atoms with Crippen molar-refractivity contribution in [3.63, 3.8) is 0 Å². The summed E-state index contributed by atoms with van der Waals surface area (Å²) < 4.78 is 22.6. The second-order valence-electron chi connectivity index (χ2n) is 3.04. The molecular formula is C7H15NO2S. The molecule has 0 aliphatic carbocycles. The van der Waals surface area contributed by atoms with Gasteiger partial charge in [0.05, 0.1) is 0 Å². The smallest absolute Gasteiger partial charge is 0.203 e. The van der Waals surface area contributed by atoms with E-state index in [-0.39, 0.29) is 0 Å². The van der Waals surface area contributed by atoms with E-state index in [4.69, 9.17) is 0 Å². The Morgan fingerprint density at radius 1 is 1.36 bits per heavy atom. The van der Waals surface area contributed by atoms with E-state index >= 15 is 0 Å². The normalized spacial score (nSPS) is 22.7. The van der Waals surface area contributed by atoms with Gasteiger partial charge in [-0.25, -0.2) is 12.7 Å². The van der Waals surface area contributed by atoms with Crippen LogP contribution in [0, 0.1) is 5.92 Å². The fourth-order valence-electron chi connectivity index (χ4n) is 1.49. The van der Waals surface area contributed by atoms with Gasteiger partial charge in [-0.1, -0.05) is 13.3 Å². The third kappa shape index (κ3) is 2.45. The van der Waals surface area contributed by atoms with Gasteiger partial charge < -0.3 is 0 Å². The van der Waals surface area contributed by atoms with Gasteiger partial charge in [0.1, 0.15) is 0 Å². The first-order valence-electron chi connectivity index (χ1n) is 4.13. The SMILES string of the molecule is CCC1CCN([SH](=O)=O)CC1. The lowest BCUT2D eigenvalue weighted by Gasteiger charge is -2.26. The van der Waals surface area contributed by atoms with E-state index in [1.807, 2.05) is 0 Å². The molecule has 1 aliphatic rings. The zero-order valence-corrected chi connectivity index (χ0v) is 7.72. The summed E-state index contributed by atoms with van der Waals surface area (Å²) in [6.45, 7) is 3.63. The Hall–Kier alpha value is -0.0900. The molecule has 0 N–H and O–H groups in total. The predicted molar refractivity (Wildman–Crippen MR) is 44.9 cm³/mol. The summed E-state index contributed by atoms with van der Waals surface area (Å²) in [5.41, 5.74) is 0. The summed E-state index contributed by atoms with van der Waals surface area (Å²) in [4.78, 5) is 0. The van der Waals surface area contributed by atoms with Crippen LogP contribution in [0.1, 0.15) is 26.2 Å². The van der Waals surface area contributed by atoms with Crippen LogP contribution in [0.25, 0.3) is 0 Å². The van der Waals surface area contributed by atoms with Gasteiger partial charge in [0, 0.05) is 13.1 Å². The second-order valence-corrected chi connectivity index (χ2v) is 4.08.